The van der Waals surface area contributed by atoms with Crippen molar-refractivity contribution in [3.05, 3.63) is 12.2 Å². The summed E-state index contributed by atoms with van der Waals surface area (Å²) in [5.74, 6) is -2.63. The molecule has 0 rings (SSSR count). The van der Waals surface area contributed by atoms with Crippen molar-refractivity contribution in [3.8, 4) is 0 Å². The number of carbonyl (C=O) groups is 7. The van der Waals surface area contributed by atoms with Gasteiger partial charge in [-0.15, -0.1) is 0 Å². The van der Waals surface area contributed by atoms with Crippen LogP contribution in [-0.4, -0.2) is 185 Å². The van der Waals surface area contributed by atoms with Crippen LogP contribution in [0.1, 0.15) is 440 Å². The molecule has 0 aromatic carbocycles. The first-order chi connectivity index (χ1) is 53.8. The molecule has 7 amide bonds. The highest BCUT2D eigenvalue weighted by Crippen LogP contribution is 2.20. The molecule has 0 aliphatic heterocycles. The third-order valence-corrected chi connectivity index (χ3v) is 22.4. The number of hydrogen-bond donors (Lipinski definition) is 4. The maximum Gasteiger partial charge on any atom is 0.242 e. The van der Waals surface area contributed by atoms with Gasteiger partial charge in [-0.2, -0.15) is 0 Å². The fourth-order valence-electron chi connectivity index (χ4n) is 14.9. The van der Waals surface area contributed by atoms with Crippen LogP contribution in [0.25, 0.3) is 0 Å². The van der Waals surface area contributed by atoms with Gasteiger partial charge in [0, 0.05) is 39.3 Å². The van der Waals surface area contributed by atoms with Crippen LogP contribution in [0.4, 0.5) is 0 Å². The Hall–Kier alpha value is -4.09. The van der Waals surface area contributed by atoms with E-state index in [1.165, 1.54) is 198 Å². The number of carbonyl (C=O) groups excluding carboxylic acids is 7. The molecule has 0 aromatic heterocycles. The molecule has 0 saturated carbocycles. The molecule has 0 atom stereocenters. The molecule has 0 unspecified atom stereocenters. The normalized spacial score (nSPS) is 11.5. The third-order valence-electron chi connectivity index (χ3n) is 22.4. The lowest BCUT2D eigenvalue weighted by Crippen LogP contribution is -2.52. The van der Waals surface area contributed by atoms with Crippen LogP contribution in [0.2, 0.25) is 0 Å². The van der Waals surface area contributed by atoms with Crippen molar-refractivity contribution in [1.29, 1.82) is 0 Å². The third kappa shape index (κ3) is 66.2. The Morgan fingerprint density at radius 3 is 0.591 bits per heavy atom. The maximum absolute atomic E-state index is 15.4. The van der Waals surface area contributed by atoms with Crippen molar-refractivity contribution in [2.24, 2.45) is 5.73 Å². The van der Waals surface area contributed by atoms with Gasteiger partial charge >= 0.3 is 0 Å². The van der Waals surface area contributed by atoms with Gasteiger partial charge in [-0.1, -0.05) is 388 Å². The van der Waals surface area contributed by atoms with Crippen LogP contribution >= 0.6 is 0 Å². The Morgan fingerprint density at radius 1 is 0.245 bits per heavy atom. The lowest BCUT2D eigenvalue weighted by Gasteiger charge is -2.32. The van der Waals surface area contributed by atoms with Crippen molar-refractivity contribution in [2.45, 2.75) is 446 Å². The lowest BCUT2D eigenvalue weighted by molar-refractivity contribution is -0.148. The van der Waals surface area contributed by atoms with E-state index in [-0.39, 0.29) is 94.5 Å². The summed E-state index contributed by atoms with van der Waals surface area (Å²) in [6.07, 6.45) is 73.8. The summed E-state index contributed by atoms with van der Waals surface area (Å²) < 4.78 is 0. The first-order valence-corrected chi connectivity index (χ1v) is 47.3. The van der Waals surface area contributed by atoms with Gasteiger partial charge in [0.2, 0.25) is 41.4 Å². The summed E-state index contributed by atoms with van der Waals surface area (Å²) in [5.41, 5.74) is 5.80. The molecule has 5 N–H and O–H groups in total. The number of allylic oxidation sites excluding steroid dienone is 2. The maximum atomic E-state index is 15.4. The Kier molecular flexibility index (Phi) is 78.4. The highest BCUT2D eigenvalue weighted by molar-refractivity contribution is 5.93. The van der Waals surface area contributed by atoms with Gasteiger partial charge in [0.15, 0.2) is 0 Å². The second-order valence-electron chi connectivity index (χ2n) is 32.9. The average Bonchev–Trinajstić information content (AvgIpc) is 0.858. The van der Waals surface area contributed by atoms with Crippen LogP contribution in [-0.2, 0) is 33.6 Å². The first-order valence-electron chi connectivity index (χ1n) is 47.3. The van der Waals surface area contributed by atoms with E-state index in [1.54, 1.807) is 24.5 Å². The number of aliphatic hydroxyl groups is 2. The number of primary amides is 1. The monoisotopic (exact) mass is 1550 g/mol. The van der Waals surface area contributed by atoms with Gasteiger partial charge < -0.3 is 50.7 Å². The topological polar surface area (TPSA) is 217 Å². The van der Waals surface area contributed by atoms with Crippen molar-refractivity contribution in [1.82, 2.24) is 34.7 Å². The predicted molar refractivity (Wildman–Crippen MR) is 464 cm³/mol. The molecular weight excluding hydrogens is 1370 g/mol. The van der Waals surface area contributed by atoms with E-state index in [2.05, 4.69) is 59.0 Å². The molecule has 0 aliphatic carbocycles. The highest BCUT2D eigenvalue weighted by Gasteiger charge is 2.30. The van der Waals surface area contributed by atoms with Crippen LogP contribution in [0.15, 0.2) is 12.2 Å². The van der Waals surface area contributed by atoms with E-state index in [9.17, 15) is 24.6 Å². The first kappa shape index (κ1) is 106. The van der Waals surface area contributed by atoms with E-state index in [0.717, 1.165) is 173 Å². The molecule has 0 bridgehead atoms. The Morgan fingerprint density at radius 2 is 0.409 bits per heavy atom. The molecule has 0 spiro atoms. The number of amides is 7. The summed E-state index contributed by atoms with van der Waals surface area (Å²) in [6, 6.07) is -0.693. The summed E-state index contributed by atoms with van der Waals surface area (Å²) in [4.78, 5) is 112. The van der Waals surface area contributed by atoms with Crippen LogP contribution in [0, 0.1) is 0 Å². The van der Waals surface area contributed by atoms with E-state index in [0.29, 0.717) is 71.4 Å². The summed E-state index contributed by atoms with van der Waals surface area (Å²) in [6.45, 7) is 13.0. The standard InChI is InChI=1S/C93H180N8O9/c1-7-13-19-25-31-37-39-41-43-45-47-49-51-57-60-66-72-97(88(105)77-95-86(84-102)85-103)79-90(107)99(74-68-62-55-35-29-23-17-11-5)81-92(109)101(75-69-63-56-36-30-24-18-12-6)83-93(110)100(76-70-64-58-52-50-48-46-44-42-40-38-32-26-20-14-8-2)82-91(108)98(73-67-61-54-34-28-22-16-10-4)80-89(106)96(78-87(94)104)71-65-59-53-33-27-21-15-9-3/h42,44,86,95,102-103H,7-41,43,45-85H2,1-6H3,(H2,94,104)/b44-42-. The molecule has 0 heterocycles. The lowest BCUT2D eigenvalue weighted by atomic mass is 10.0. The zero-order valence-corrected chi connectivity index (χ0v) is 73.2. The number of nitrogens with zero attached hydrogens (tertiary/aromatic N) is 6. The predicted octanol–water partition coefficient (Wildman–Crippen LogP) is 21.2. The van der Waals surface area contributed by atoms with Gasteiger partial charge in [0.1, 0.15) is 0 Å². The zero-order valence-electron chi connectivity index (χ0n) is 73.2. The van der Waals surface area contributed by atoms with E-state index >= 15 is 19.2 Å². The second kappa shape index (κ2) is 81.5. The smallest absolute Gasteiger partial charge is 0.242 e. The Balaban J connectivity index is 7.30. The summed E-state index contributed by atoms with van der Waals surface area (Å²) in [7, 11) is 0. The number of unbranched alkanes of at least 4 members (excludes halogenated alkanes) is 55. The quantitative estimate of drug-likeness (QED) is 0.0334. The minimum atomic E-state index is -0.693. The van der Waals surface area contributed by atoms with Crippen molar-refractivity contribution in [3.63, 3.8) is 0 Å². The molecule has 0 aliphatic rings. The van der Waals surface area contributed by atoms with Crippen LogP contribution < -0.4 is 11.1 Å². The zero-order chi connectivity index (χ0) is 80.7. The van der Waals surface area contributed by atoms with Crippen molar-refractivity contribution >= 4 is 41.4 Å². The Bertz CT molecular complexity index is 2150. The summed E-state index contributed by atoms with van der Waals surface area (Å²) in [5, 5.41) is 22.8. The van der Waals surface area contributed by atoms with Crippen LogP contribution in [0.3, 0.4) is 0 Å². The van der Waals surface area contributed by atoms with Crippen LogP contribution in [0.5, 0.6) is 0 Å². The SMILES string of the molecule is CCCCCCCC/C=C\CCCCCCCCN(CC(=O)N(CCCCCCCCCC)CC(=O)N(CCCCCCCCCC)CC(N)=O)C(=O)CN(CCCCCCCCCC)C(=O)CN(CCCCCCCCCC)C(=O)CN(CCCCCCCCCCCCCCCCCC)C(=O)CNC(CO)CO. The minimum Gasteiger partial charge on any atom is -0.395 e. The molecule has 0 aromatic rings. The molecule has 0 saturated heterocycles. The van der Waals surface area contributed by atoms with E-state index in [1.807, 2.05) is 0 Å². The van der Waals surface area contributed by atoms with Gasteiger partial charge in [0.25, 0.3) is 0 Å². The van der Waals surface area contributed by atoms with Crippen molar-refractivity contribution < 1.29 is 43.8 Å². The largest absolute Gasteiger partial charge is 0.395 e. The fourth-order valence-corrected chi connectivity index (χ4v) is 14.9. The van der Waals surface area contributed by atoms with Gasteiger partial charge in [-0.05, 0) is 64.2 Å². The molecular formula is C93H180N8O9. The van der Waals surface area contributed by atoms with E-state index < -0.39 is 11.9 Å². The van der Waals surface area contributed by atoms with Gasteiger partial charge in [-0.3, -0.25) is 33.6 Å². The molecule has 17 nitrogen and oxygen atoms in total. The minimum absolute atomic E-state index is 0.167. The highest BCUT2D eigenvalue weighted by atomic mass is 16.3. The molecule has 110 heavy (non-hydrogen) atoms. The number of aliphatic hydroxyl groups excluding tert-OH is 2. The molecule has 0 radical (unpaired) electrons. The molecule has 17 heteroatoms. The molecule has 0 fully saturated rings. The number of hydrogen-bond acceptors (Lipinski definition) is 10. The van der Waals surface area contributed by atoms with E-state index in [4.69, 9.17) is 5.73 Å². The summed E-state index contributed by atoms with van der Waals surface area (Å²) >= 11 is 0. The second-order valence-corrected chi connectivity index (χ2v) is 32.9. The number of rotatable bonds is 86. The molecule has 646 valence electrons. The Labute approximate surface area is 678 Å². The number of nitrogens with one attached hydrogen (secondary N) is 1. The number of nitrogens with two attached hydrogens (primary N) is 1. The van der Waals surface area contributed by atoms with Gasteiger partial charge in [-0.25, -0.2) is 0 Å². The van der Waals surface area contributed by atoms with Crippen molar-refractivity contribution in [2.75, 3.05) is 98.3 Å². The fraction of sp³-hybridized carbons (Fsp3) is 0.903. The average molecular weight is 1550 g/mol. The van der Waals surface area contributed by atoms with Gasteiger partial charge in [0.05, 0.1) is 65.1 Å².